The molecular weight excluding hydrogens is 274 g/mol. The minimum atomic E-state index is -3.33. The Hall–Kier alpha value is -0.910. The molecule has 1 aromatic rings. The number of primary sulfonamides is 1. The highest BCUT2D eigenvalue weighted by Gasteiger charge is 2.08. The molecule has 0 fully saturated rings. The summed E-state index contributed by atoms with van der Waals surface area (Å²) in [6.45, 7) is 3.45. The fourth-order valence-corrected chi connectivity index (χ4v) is 2.65. The van der Waals surface area contributed by atoms with Crippen LogP contribution in [0.1, 0.15) is 31.7 Å². The number of hydrogen-bond acceptors (Lipinski definition) is 3. The molecule has 0 aromatic heterocycles. The van der Waals surface area contributed by atoms with E-state index in [0.717, 1.165) is 25.9 Å². The summed E-state index contributed by atoms with van der Waals surface area (Å²) in [6.07, 6.45) is 3.52. The Kier molecular flexibility index (Phi) is 7.80. The van der Waals surface area contributed by atoms with Gasteiger partial charge in [-0.05, 0) is 37.2 Å². The molecule has 4 nitrogen and oxygen atoms in total. The molecule has 1 aromatic carbocycles. The predicted octanol–water partition coefficient (Wildman–Crippen LogP) is 2.34. The van der Waals surface area contributed by atoms with Crippen LogP contribution >= 0.6 is 0 Å². The van der Waals surface area contributed by atoms with Gasteiger partial charge in [-0.2, -0.15) is 0 Å². The van der Waals surface area contributed by atoms with Crippen LogP contribution in [-0.2, 0) is 21.2 Å². The summed E-state index contributed by atoms with van der Waals surface area (Å²) in [7, 11) is -3.33. The molecule has 0 aliphatic rings. The summed E-state index contributed by atoms with van der Waals surface area (Å²) in [6, 6.07) is 10.3. The lowest BCUT2D eigenvalue weighted by molar-refractivity contribution is 0.119. The predicted molar refractivity (Wildman–Crippen MR) is 82.0 cm³/mol. The molecule has 1 rings (SSSR count). The van der Waals surface area contributed by atoms with Crippen molar-refractivity contribution in [1.82, 2.24) is 0 Å². The number of sulfonamides is 1. The van der Waals surface area contributed by atoms with E-state index in [9.17, 15) is 8.42 Å². The van der Waals surface area contributed by atoms with Crippen LogP contribution in [-0.4, -0.2) is 27.4 Å². The Balaban J connectivity index is 1.99. The summed E-state index contributed by atoms with van der Waals surface area (Å²) in [5.41, 5.74) is 1.33. The SMILES string of the molecule is CC(CCOCCCc1ccccc1)CCS(N)(=O)=O. The molecule has 0 bridgehead atoms. The number of nitrogens with two attached hydrogens (primary N) is 1. The van der Waals surface area contributed by atoms with Crippen LogP contribution in [0, 0.1) is 5.92 Å². The van der Waals surface area contributed by atoms with E-state index in [1.807, 2.05) is 25.1 Å². The largest absolute Gasteiger partial charge is 0.381 e. The molecule has 0 radical (unpaired) electrons. The maximum Gasteiger partial charge on any atom is 0.209 e. The van der Waals surface area contributed by atoms with Gasteiger partial charge < -0.3 is 4.74 Å². The minimum Gasteiger partial charge on any atom is -0.381 e. The van der Waals surface area contributed by atoms with Gasteiger partial charge in [0.15, 0.2) is 0 Å². The van der Waals surface area contributed by atoms with E-state index in [0.29, 0.717) is 18.9 Å². The molecule has 5 heteroatoms. The first-order valence-electron chi connectivity index (χ1n) is 7.09. The van der Waals surface area contributed by atoms with Gasteiger partial charge in [0.1, 0.15) is 0 Å². The molecule has 0 spiro atoms. The van der Waals surface area contributed by atoms with Crippen LogP contribution in [0.15, 0.2) is 30.3 Å². The number of benzene rings is 1. The molecule has 0 saturated carbocycles. The lowest BCUT2D eigenvalue weighted by Gasteiger charge is -2.10. The van der Waals surface area contributed by atoms with E-state index in [1.165, 1.54) is 5.56 Å². The normalized spacial score (nSPS) is 13.3. The first-order chi connectivity index (χ1) is 9.47. The van der Waals surface area contributed by atoms with Crippen molar-refractivity contribution in [3.8, 4) is 0 Å². The third kappa shape index (κ3) is 9.07. The molecule has 2 N–H and O–H groups in total. The zero-order chi connectivity index (χ0) is 14.8. The van der Waals surface area contributed by atoms with Crippen molar-refractivity contribution in [3.05, 3.63) is 35.9 Å². The van der Waals surface area contributed by atoms with Crippen LogP contribution in [0.3, 0.4) is 0 Å². The van der Waals surface area contributed by atoms with Gasteiger partial charge in [0.2, 0.25) is 10.0 Å². The molecular formula is C15H25NO3S. The second-order valence-corrected chi connectivity index (χ2v) is 6.99. The first-order valence-corrected chi connectivity index (χ1v) is 8.81. The fraction of sp³-hybridized carbons (Fsp3) is 0.600. The van der Waals surface area contributed by atoms with Crippen molar-refractivity contribution in [3.63, 3.8) is 0 Å². The second kappa shape index (κ2) is 9.10. The first kappa shape index (κ1) is 17.1. The number of ether oxygens (including phenoxy) is 1. The zero-order valence-electron chi connectivity index (χ0n) is 12.1. The van der Waals surface area contributed by atoms with Gasteiger partial charge in [-0.3, -0.25) is 0 Å². The summed E-state index contributed by atoms with van der Waals surface area (Å²) in [5, 5.41) is 4.97. The average molecular weight is 299 g/mol. The highest BCUT2D eigenvalue weighted by Crippen LogP contribution is 2.09. The van der Waals surface area contributed by atoms with Gasteiger partial charge in [-0.25, -0.2) is 13.6 Å². The third-order valence-electron chi connectivity index (χ3n) is 3.25. The van der Waals surface area contributed by atoms with Gasteiger partial charge in [0.25, 0.3) is 0 Å². The Labute approximate surface area is 122 Å². The highest BCUT2D eigenvalue weighted by molar-refractivity contribution is 7.89. The monoisotopic (exact) mass is 299 g/mol. The fourth-order valence-electron chi connectivity index (χ4n) is 1.92. The van der Waals surface area contributed by atoms with Crippen molar-refractivity contribution in [1.29, 1.82) is 0 Å². The van der Waals surface area contributed by atoms with Crippen LogP contribution in [0.4, 0.5) is 0 Å². The van der Waals surface area contributed by atoms with Crippen molar-refractivity contribution in [2.24, 2.45) is 11.1 Å². The maximum absolute atomic E-state index is 10.8. The van der Waals surface area contributed by atoms with Gasteiger partial charge >= 0.3 is 0 Å². The number of rotatable bonds is 10. The topological polar surface area (TPSA) is 69.4 Å². The van der Waals surface area contributed by atoms with Crippen LogP contribution in [0.5, 0.6) is 0 Å². The van der Waals surface area contributed by atoms with Crippen molar-refractivity contribution < 1.29 is 13.2 Å². The Morgan fingerprint density at radius 2 is 1.85 bits per heavy atom. The number of aryl methyl sites for hydroxylation is 1. The van der Waals surface area contributed by atoms with Crippen LogP contribution in [0.2, 0.25) is 0 Å². The van der Waals surface area contributed by atoms with Crippen molar-refractivity contribution in [2.45, 2.75) is 32.6 Å². The quantitative estimate of drug-likeness (QED) is 0.674. The summed E-state index contributed by atoms with van der Waals surface area (Å²) in [4.78, 5) is 0. The lowest BCUT2D eigenvalue weighted by Crippen LogP contribution is -2.18. The molecule has 1 atom stereocenters. The summed E-state index contributed by atoms with van der Waals surface area (Å²) >= 11 is 0. The lowest BCUT2D eigenvalue weighted by atomic mass is 10.1. The van der Waals surface area contributed by atoms with Crippen LogP contribution in [0.25, 0.3) is 0 Å². The van der Waals surface area contributed by atoms with E-state index < -0.39 is 10.0 Å². The Morgan fingerprint density at radius 1 is 1.15 bits per heavy atom. The van der Waals surface area contributed by atoms with E-state index >= 15 is 0 Å². The Morgan fingerprint density at radius 3 is 2.50 bits per heavy atom. The molecule has 1 unspecified atom stereocenters. The van der Waals surface area contributed by atoms with E-state index in [4.69, 9.17) is 9.88 Å². The molecule has 0 aliphatic carbocycles. The third-order valence-corrected chi connectivity index (χ3v) is 4.05. The van der Waals surface area contributed by atoms with Crippen molar-refractivity contribution in [2.75, 3.05) is 19.0 Å². The smallest absolute Gasteiger partial charge is 0.209 e. The standard InChI is InChI=1S/C15H25NO3S/c1-14(10-13-20(16,17)18)9-12-19-11-5-8-15-6-3-2-4-7-15/h2-4,6-7,14H,5,8-13H2,1H3,(H2,16,17,18). The van der Waals surface area contributed by atoms with Crippen molar-refractivity contribution >= 4 is 10.0 Å². The molecule has 0 aliphatic heterocycles. The molecule has 20 heavy (non-hydrogen) atoms. The zero-order valence-corrected chi connectivity index (χ0v) is 12.9. The molecule has 0 heterocycles. The average Bonchev–Trinajstić information content (AvgIpc) is 2.41. The van der Waals surface area contributed by atoms with E-state index in [1.54, 1.807) is 0 Å². The maximum atomic E-state index is 10.8. The Bertz CT molecular complexity index is 459. The summed E-state index contributed by atoms with van der Waals surface area (Å²) < 4.78 is 27.2. The molecule has 0 saturated heterocycles. The van der Waals surface area contributed by atoms with Gasteiger partial charge in [-0.1, -0.05) is 37.3 Å². The molecule has 0 amide bonds. The second-order valence-electron chi connectivity index (χ2n) is 5.25. The van der Waals surface area contributed by atoms with Gasteiger partial charge in [0, 0.05) is 13.2 Å². The van der Waals surface area contributed by atoms with Crippen LogP contribution < -0.4 is 5.14 Å². The van der Waals surface area contributed by atoms with E-state index in [-0.39, 0.29) is 5.75 Å². The highest BCUT2D eigenvalue weighted by atomic mass is 32.2. The number of hydrogen-bond donors (Lipinski definition) is 1. The van der Waals surface area contributed by atoms with Gasteiger partial charge in [0.05, 0.1) is 5.75 Å². The minimum absolute atomic E-state index is 0.0577. The molecule has 114 valence electrons. The van der Waals surface area contributed by atoms with E-state index in [2.05, 4.69) is 12.1 Å². The van der Waals surface area contributed by atoms with Gasteiger partial charge in [-0.15, -0.1) is 0 Å². The summed E-state index contributed by atoms with van der Waals surface area (Å²) in [5.74, 6) is 0.379.